The molecular weight excluding hydrogens is 312 g/mol. The van der Waals surface area contributed by atoms with Crippen molar-refractivity contribution in [3.8, 4) is 0 Å². The first-order valence-corrected chi connectivity index (χ1v) is 7.92. The first-order valence-electron chi connectivity index (χ1n) is 7.54. The molecule has 1 aliphatic rings. The maximum absolute atomic E-state index is 12.5. The highest BCUT2D eigenvalue weighted by atomic mass is 35.5. The standard InChI is InChI=1S/C18H17ClN2O2/c19-16-9-5-4-6-13(16)12-20-17(22)15-10-11-21(18(15)23)14-7-2-1-3-8-14/h1-9,15H,10-12H2,(H,20,22)/t15-/m0/s1. The van der Waals surface area contributed by atoms with Crippen LogP contribution in [0.2, 0.25) is 5.02 Å². The van der Waals surface area contributed by atoms with Gasteiger partial charge in [0.1, 0.15) is 5.92 Å². The predicted molar refractivity (Wildman–Crippen MR) is 90.2 cm³/mol. The molecule has 0 bridgehead atoms. The lowest BCUT2D eigenvalue weighted by atomic mass is 10.1. The minimum atomic E-state index is -0.627. The summed E-state index contributed by atoms with van der Waals surface area (Å²) in [7, 11) is 0. The molecule has 0 unspecified atom stereocenters. The van der Waals surface area contributed by atoms with E-state index in [1.165, 1.54) is 0 Å². The second-order valence-corrected chi connectivity index (χ2v) is 5.88. The Kier molecular flexibility index (Phi) is 4.63. The van der Waals surface area contributed by atoms with E-state index >= 15 is 0 Å². The number of anilines is 1. The van der Waals surface area contributed by atoms with Crippen LogP contribution in [0.5, 0.6) is 0 Å². The molecule has 118 valence electrons. The second kappa shape index (κ2) is 6.84. The molecule has 2 aromatic carbocycles. The molecule has 23 heavy (non-hydrogen) atoms. The van der Waals surface area contributed by atoms with Gasteiger partial charge < -0.3 is 10.2 Å². The average molecular weight is 329 g/mol. The van der Waals surface area contributed by atoms with Gasteiger partial charge in [-0.25, -0.2) is 0 Å². The molecule has 0 spiro atoms. The maximum Gasteiger partial charge on any atom is 0.239 e. The van der Waals surface area contributed by atoms with E-state index in [0.29, 0.717) is 24.5 Å². The van der Waals surface area contributed by atoms with Gasteiger partial charge in [0.25, 0.3) is 0 Å². The first kappa shape index (κ1) is 15.6. The fourth-order valence-electron chi connectivity index (χ4n) is 2.73. The summed E-state index contributed by atoms with van der Waals surface area (Å²) in [6.45, 7) is 0.890. The van der Waals surface area contributed by atoms with E-state index in [1.54, 1.807) is 11.0 Å². The van der Waals surface area contributed by atoms with Crippen molar-refractivity contribution in [1.82, 2.24) is 5.32 Å². The third kappa shape index (κ3) is 3.37. The van der Waals surface area contributed by atoms with Gasteiger partial charge in [0, 0.05) is 23.8 Å². The van der Waals surface area contributed by atoms with Crippen LogP contribution >= 0.6 is 11.6 Å². The third-order valence-corrected chi connectivity index (χ3v) is 4.37. The number of hydrogen-bond acceptors (Lipinski definition) is 2. The Morgan fingerprint density at radius 1 is 1.13 bits per heavy atom. The quantitative estimate of drug-likeness (QED) is 0.877. The van der Waals surface area contributed by atoms with Gasteiger partial charge in [-0.05, 0) is 30.2 Å². The van der Waals surface area contributed by atoms with Gasteiger partial charge in [0.05, 0.1) is 0 Å². The minimum Gasteiger partial charge on any atom is -0.351 e. The Balaban J connectivity index is 1.63. The number of hydrogen-bond donors (Lipinski definition) is 1. The van der Waals surface area contributed by atoms with Crippen LogP contribution in [0.15, 0.2) is 54.6 Å². The Bertz CT molecular complexity index is 718. The van der Waals surface area contributed by atoms with Crippen molar-refractivity contribution in [2.45, 2.75) is 13.0 Å². The zero-order valence-electron chi connectivity index (χ0n) is 12.5. The maximum atomic E-state index is 12.5. The third-order valence-electron chi connectivity index (χ3n) is 4.00. The molecule has 1 heterocycles. The number of carbonyl (C=O) groups excluding carboxylic acids is 2. The van der Waals surface area contributed by atoms with Gasteiger partial charge in [0.15, 0.2) is 0 Å². The predicted octanol–water partition coefficient (Wildman–Crippen LogP) is 3.01. The molecule has 2 aromatic rings. The van der Waals surface area contributed by atoms with Crippen LogP contribution in [0.1, 0.15) is 12.0 Å². The van der Waals surface area contributed by atoms with Crippen LogP contribution in [0.4, 0.5) is 5.69 Å². The van der Waals surface area contributed by atoms with E-state index in [2.05, 4.69) is 5.32 Å². The van der Waals surface area contributed by atoms with Gasteiger partial charge in [-0.3, -0.25) is 9.59 Å². The molecule has 0 saturated carbocycles. The Labute approximate surface area is 140 Å². The van der Waals surface area contributed by atoms with Crippen molar-refractivity contribution in [1.29, 1.82) is 0 Å². The number of nitrogens with one attached hydrogen (secondary N) is 1. The van der Waals surface area contributed by atoms with Gasteiger partial charge in [0.2, 0.25) is 11.8 Å². The van der Waals surface area contributed by atoms with Crippen LogP contribution in [0, 0.1) is 5.92 Å². The lowest BCUT2D eigenvalue weighted by molar-refractivity contribution is -0.132. The first-order chi connectivity index (χ1) is 11.2. The fourth-order valence-corrected chi connectivity index (χ4v) is 2.94. The molecule has 1 N–H and O–H groups in total. The summed E-state index contributed by atoms with van der Waals surface area (Å²) < 4.78 is 0. The molecule has 1 atom stereocenters. The van der Waals surface area contributed by atoms with Crippen LogP contribution in [-0.4, -0.2) is 18.4 Å². The molecule has 1 saturated heterocycles. The SMILES string of the molecule is O=C(NCc1ccccc1Cl)[C@@H]1CCN(c2ccccc2)C1=O. The summed E-state index contributed by atoms with van der Waals surface area (Å²) in [5.74, 6) is -1.01. The van der Waals surface area contributed by atoms with Gasteiger partial charge in [-0.1, -0.05) is 48.0 Å². The second-order valence-electron chi connectivity index (χ2n) is 5.48. The van der Waals surface area contributed by atoms with Crippen LogP contribution < -0.4 is 10.2 Å². The van der Waals surface area contributed by atoms with Gasteiger partial charge >= 0.3 is 0 Å². The molecule has 5 heteroatoms. The number of carbonyl (C=O) groups is 2. The summed E-state index contributed by atoms with van der Waals surface area (Å²) >= 11 is 6.07. The summed E-state index contributed by atoms with van der Waals surface area (Å²) in [4.78, 5) is 26.4. The molecule has 1 fully saturated rings. The van der Waals surface area contributed by atoms with Crippen molar-refractivity contribution in [2.75, 3.05) is 11.4 Å². The van der Waals surface area contributed by atoms with E-state index in [9.17, 15) is 9.59 Å². The Morgan fingerprint density at radius 2 is 1.83 bits per heavy atom. The van der Waals surface area contributed by atoms with E-state index in [4.69, 9.17) is 11.6 Å². The molecule has 0 radical (unpaired) electrons. The number of halogens is 1. The molecular formula is C18H17ClN2O2. The molecule has 0 aromatic heterocycles. The summed E-state index contributed by atoms with van der Waals surface area (Å²) in [6, 6.07) is 16.8. The molecule has 1 aliphatic heterocycles. The number of amides is 2. The van der Waals surface area contributed by atoms with E-state index in [-0.39, 0.29) is 11.8 Å². The average Bonchev–Trinajstić information content (AvgIpc) is 2.96. The Morgan fingerprint density at radius 3 is 2.57 bits per heavy atom. The van der Waals surface area contributed by atoms with E-state index < -0.39 is 5.92 Å². The molecule has 2 amide bonds. The van der Waals surface area contributed by atoms with Crippen molar-refractivity contribution >= 4 is 29.1 Å². The topological polar surface area (TPSA) is 49.4 Å². The van der Waals surface area contributed by atoms with Crippen molar-refractivity contribution in [2.24, 2.45) is 5.92 Å². The lowest BCUT2D eigenvalue weighted by Gasteiger charge is -2.16. The monoisotopic (exact) mass is 328 g/mol. The summed E-state index contributed by atoms with van der Waals surface area (Å²) in [6.07, 6.45) is 0.530. The number of benzene rings is 2. The normalized spacial score (nSPS) is 17.3. The largest absolute Gasteiger partial charge is 0.351 e. The smallest absolute Gasteiger partial charge is 0.239 e. The van der Waals surface area contributed by atoms with Crippen LogP contribution in [0.25, 0.3) is 0 Å². The zero-order valence-corrected chi connectivity index (χ0v) is 13.3. The van der Waals surface area contributed by atoms with Crippen LogP contribution in [0.3, 0.4) is 0 Å². The van der Waals surface area contributed by atoms with Crippen molar-refractivity contribution in [3.63, 3.8) is 0 Å². The van der Waals surface area contributed by atoms with Crippen molar-refractivity contribution in [3.05, 3.63) is 65.2 Å². The van der Waals surface area contributed by atoms with Crippen molar-refractivity contribution < 1.29 is 9.59 Å². The lowest BCUT2D eigenvalue weighted by Crippen LogP contribution is -2.36. The van der Waals surface area contributed by atoms with E-state index in [0.717, 1.165) is 11.3 Å². The van der Waals surface area contributed by atoms with Gasteiger partial charge in [-0.2, -0.15) is 0 Å². The summed E-state index contributed by atoms with van der Waals surface area (Å²) in [5, 5.41) is 3.42. The highest BCUT2D eigenvalue weighted by molar-refractivity contribution is 6.31. The number of para-hydroxylation sites is 1. The minimum absolute atomic E-state index is 0.146. The highest BCUT2D eigenvalue weighted by Gasteiger charge is 2.37. The zero-order chi connectivity index (χ0) is 16.2. The molecule has 4 nitrogen and oxygen atoms in total. The number of nitrogens with zero attached hydrogens (tertiary/aromatic N) is 1. The summed E-state index contributed by atoms with van der Waals surface area (Å²) in [5.41, 5.74) is 1.67. The highest BCUT2D eigenvalue weighted by Crippen LogP contribution is 2.25. The van der Waals surface area contributed by atoms with Crippen LogP contribution in [-0.2, 0) is 16.1 Å². The van der Waals surface area contributed by atoms with Gasteiger partial charge in [-0.15, -0.1) is 0 Å². The number of rotatable bonds is 4. The van der Waals surface area contributed by atoms with E-state index in [1.807, 2.05) is 48.5 Å². The Hall–Kier alpha value is -2.33. The molecule has 0 aliphatic carbocycles. The fraction of sp³-hybridized carbons (Fsp3) is 0.222. The molecule has 3 rings (SSSR count).